The van der Waals surface area contributed by atoms with Crippen LogP contribution in [0.3, 0.4) is 0 Å². The molecule has 0 amide bonds. The van der Waals surface area contributed by atoms with Crippen LogP contribution in [0.4, 0.5) is 8.78 Å². The molecule has 0 fully saturated rings. The second kappa shape index (κ2) is 6.78. The van der Waals surface area contributed by atoms with Crippen molar-refractivity contribution >= 4 is 0 Å². The first-order valence-electron chi connectivity index (χ1n) is 5.13. The van der Waals surface area contributed by atoms with Gasteiger partial charge in [-0.15, -0.1) is 0 Å². The number of rotatable bonds is 6. The van der Waals surface area contributed by atoms with E-state index < -0.39 is 6.61 Å². The molecular weight excluding hydrogens is 212 g/mol. The maximum Gasteiger partial charge on any atom is 0.387 e. The molecule has 0 aliphatic carbocycles. The van der Waals surface area contributed by atoms with Gasteiger partial charge in [0, 0.05) is 6.42 Å². The zero-order valence-electron chi connectivity index (χ0n) is 8.83. The number of para-hydroxylation sites is 1. The summed E-state index contributed by atoms with van der Waals surface area (Å²) in [7, 11) is 0. The molecular formula is C12H13F2NO. The fraction of sp³-hybridized carbons (Fsp3) is 0.417. The summed E-state index contributed by atoms with van der Waals surface area (Å²) >= 11 is 0. The molecule has 0 heterocycles. The molecule has 0 bridgehead atoms. The number of hydrogen-bond donors (Lipinski definition) is 0. The van der Waals surface area contributed by atoms with Crippen molar-refractivity contribution in [3.63, 3.8) is 0 Å². The van der Waals surface area contributed by atoms with E-state index in [2.05, 4.69) is 4.74 Å². The summed E-state index contributed by atoms with van der Waals surface area (Å²) in [5.74, 6) is 0.231. The third-order valence-electron chi connectivity index (χ3n) is 2.17. The van der Waals surface area contributed by atoms with Gasteiger partial charge in [-0.25, -0.2) is 0 Å². The van der Waals surface area contributed by atoms with E-state index in [0.29, 0.717) is 12.8 Å². The Morgan fingerprint density at radius 1 is 1.25 bits per heavy atom. The third-order valence-corrected chi connectivity index (χ3v) is 2.17. The summed E-state index contributed by atoms with van der Waals surface area (Å²) in [5.41, 5.74) is 0.765. The molecule has 86 valence electrons. The molecule has 2 nitrogen and oxygen atoms in total. The van der Waals surface area contributed by atoms with E-state index in [1.54, 1.807) is 18.2 Å². The SMILES string of the molecule is N#CCCCCc1ccccc1OC(F)F. The topological polar surface area (TPSA) is 33.0 Å². The Bertz CT molecular complexity index is 360. The molecule has 4 heteroatoms. The predicted molar refractivity (Wildman–Crippen MR) is 56.2 cm³/mol. The van der Waals surface area contributed by atoms with Crippen LogP contribution >= 0.6 is 0 Å². The zero-order chi connectivity index (χ0) is 11.8. The monoisotopic (exact) mass is 225 g/mol. The van der Waals surface area contributed by atoms with E-state index in [0.717, 1.165) is 18.4 Å². The van der Waals surface area contributed by atoms with Crippen LogP contribution in [-0.2, 0) is 6.42 Å². The van der Waals surface area contributed by atoms with E-state index in [-0.39, 0.29) is 5.75 Å². The molecule has 0 saturated carbocycles. The quantitative estimate of drug-likeness (QED) is 0.694. The van der Waals surface area contributed by atoms with Crippen molar-refractivity contribution in [2.45, 2.75) is 32.3 Å². The Morgan fingerprint density at radius 2 is 2.00 bits per heavy atom. The van der Waals surface area contributed by atoms with Crippen molar-refractivity contribution in [3.05, 3.63) is 29.8 Å². The predicted octanol–water partition coefficient (Wildman–Crippen LogP) is 3.52. The highest BCUT2D eigenvalue weighted by Gasteiger charge is 2.08. The normalized spacial score (nSPS) is 10.1. The van der Waals surface area contributed by atoms with Gasteiger partial charge in [-0.2, -0.15) is 14.0 Å². The molecule has 0 aromatic heterocycles. The van der Waals surface area contributed by atoms with Gasteiger partial charge in [0.25, 0.3) is 0 Å². The highest BCUT2D eigenvalue weighted by molar-refractivity contribution is 5.33. The summed E-state index contributed by atoms with van der Waals surface area (Å²) in [6.07, 6.45) is 2.74. The molecule has 0 unspecified atom stereocenters. The summed E-state index contributed by atoms with van der Waals surface area (Å²) in [6.45, 7) is -2.79. The van der Waals surface area contributed by atoms with Gasteiger partial charge in [0.1, 0.15) is 5.75 Å². The minimum atomic E-state index is -2.79. The van der Waals surface area contributed by atoms with Gasteiger partial charge in [0.2, 0.25) is 0 Å². The smallest absolute Gasteiger partial charge is 0.387 e. The molecule has 0 aliphatic rings. The number of benzene rings is 1. The number of ether oxygens (including phenoxy) is 1. The van der Waals surface area contributed by atoms with E-state index in [1.165, 1.54) is 6.07 Å². The standard InChI is InChI=1S/C12H13F2NO/c13-12(14)16-11-8-4-3-7-10(11)6-2-1-5-9-15/h3-4,7-8,12H,1-2,5-6H2. The first kappa shape index (κ1) is 12.4. The number of aryl methyl sites for hydroxylation is 1. The van der Waals surface area contributed by atoms with E-state index in [4.69, 9.17) is 5.26 Å². The Labute approximate surface area is 93.5 Å². The van der Waals surface area contributed by atoms with Crippen LogP contribution in [0, 0.1) is 11.3 Å². The Hall–Kier alpha value is -1.63. The van der Waals surface area contributed by atoms with Crippen molar-refractivity contribution < 1.29 is 13.5 Å². The zero-order valence-corrected chi connectivity index (χ0v) is 8.83. The van der Waals surface area contributed by atoms with E-state index >= 15 is 0 Å². The summed E-state index contributed by atoms with van der Waals surface area (Å²) < 4.78 is 28.6. The van der Waals surface area contributed by atoms with Gasteiger partial charge in [0.05, 0.1) is 6.07 Å². The van der Waals surface area contributed by atoms with Gasteiger partial charge in [-0.3, -0.25) is 0 Å². The molecule has 0 N–H and O–H groups in total. The van der Waals surface area contributed by atoms with Gasteiger partial charge in [-0.05, 0) is 30.9 Å². The Morgan fingerprint density at radius 3 is 2.69 bits per heavy atom. The summed E-state index contributed by atoms with van der Waals surface area (Å²) in [5, 5.41) is 8.36. The van der Waals surface area contributed by atoms with Crippen LogP contribution in [0.5, 0.6) is 5.75 Å². The maximum atomic E-state index is 12.1. The summed E-state index contributed by atoms with van der Waals surface area (Å²) in [4.78, 5) is 0. The first-order valence-corrected chi connectivity index (χ1v) is 5.13. The van der Waals surface area contributed by atoms with Crippen LogP contribution in [-0.4, -0.2) is 6.61 Å². The van der Waals surface area contributed by atoms with Crippen LogP contribution in [0.1, 0.15) is 24.8 Å². The number of halogens is 2. The van der Waals surface area contributed by atoms with Crippen LogP contribution < -0.4 is 4.74 Å². The van der Waals surface area contributed by atoms with Crippen molar-refractivity contribution in [3.8, 4) is 11.8 Å². The van der Waals surface area contributed by atoms with Crippen molar-refractivity contribution in [1.82, 2.24) is 0 Å². The minimum absolute atomic E-state index is 0.231. The molecule has 0 atom stereocenters. The van der Waals surface area contributed by atoms with Crippen molar-refractivity contribution in [1.29, 1.82) is 5.26 Å². The average Bonchev–Trinajstić information content (AvgIpc) is 2.26. The fourth-order valence-electron chi connectivity index (χ4n) is 1.44. The van der Waals surface area contributed by atoms with Crippen LogP contribution in [0.2, 0.25) is 0 Å². The van der Waals surface area contributed by atoms with Gasteiger partial charge >= 0.3 is 6.61 Å². The van der Waals surface area contributed by atoms with Crippen molar-refractivity contribution in [2.75, 3.05) is 0 Å². The highest BCUT2D eigenvalue weighted by atomic mass is 19.3. The number of nitriles is 1. The lowest BCUT2D eigenvalue weighted by Gasteiger charge is -2.09. The molecule has 0 spiro atoms. The second-order valence-corrected chi connectivity index (χ2v) is 3.35. The molecule has 1 aromatic carbocycles. The van der Waals surface area contributed by atoms with Crippen LogP contribution in [0.25, 0.3) is 0 Å². The van der Waals surface area contributed by atoms with Gasteiger partial charge in [-0.1, -0.05) is 18.2 Å². The molecule has 1 aromatic rings. The molecule has 16 heavy (non-hydrogen) atoms. The van der Waals surface area contributed by atoms with Gasteiger partial charge < -0.3 is 4.74 Å². The molecule has 1 rings (SSSR count). The number of unbranched alkanes of at least 4 members (excludes halogenated alkanes) is 2. The number of alkyl halides is 2. The van der Waals surface area contributed by atoms with E-state index in [1.807, 2.05) is 6.07 Å². The third kappa shape index (κ3) is 4.26. The van der Waals surface area contributed by atoms with E-state index in [9.17, 15) is 8.78 Å². The lowest BCUT2D eigenvalue weighted by Crippen LogP contribution is -2.04. The fourth-order valence-corrected chi connectivity index (χ4v) is 1.44. The first-order chi connectivity index (χ1) is 7.74. The average molecular weight is 225 g/mol. The van der Waals surface area contributed by atoms with Crippen molar-refractivity contribution in [2.24, 2.45) is 0 Å². The minimum Gasteiger partial charge on any atom is -0.435 e. The summed E-state index contributed by atoms with van der Waals surface area (Å²) in [6, 6.07) is 8.80. The molecule has 0 aliphatic heterocycles. The second-order valence-electron chi connectivity index (χ2n) is 3.35. The number of hydrogen-bond acceptors (Lipinski definition) is 2. The lowest BCUT2D eigenvalue weighted by atomic mass is 10.1. The Kier molecular flexibility index (Phi) is 5.27. The highest BCUT2D eigenvalue weighted by Crippen LogP contribution is 2.22. The van der Waals surface area contributed by atoms with Gasteiger partial charge in [0.15, 0.2) is 0 Å². The Balaban J connectivity index is 2.54. The molecule has 0 saturated heterocycles. The number of nitrogens with zero attached hydrogens (tertiary/aromatic N) is 1. The lowest BCUT2D eigenvalue weighted by molar-refractivity contribution is -0.0504. The maximum absolute atomic E-state index is 12.1. The molecule has 0 radical (unpaired) electrons. The largest absolute Gasteiger partial charge is 0.435 e. The van der Waals surface area contributed by atoms with Crippen LogP contribution in [0.15, 0.2) is 24.3 Å².